The third-order valence-electron chi connectivity index (χ3n) is 5.60. The summed E-state index contributed by atoms with van der Waals surface area (Å²) in [6.07, 6.45) is -4.41. The minimum absolute atomic E-state index is 0.0726. The van der Waals surface area contributed by atoms with Crippen LogP contribution in [0.4, 0.5) is 13.2 Å². The summed E-state index contributed by atoms with van der Waals surface area (Å²) in [5, 5.41) is 14.0. The van der Waals surface area contributed by atoms with E-state index in [1.165, 1.54) is 23.7 Å². The van der Waals surface area contributed by atoms with Crippen molar-refractivity contribution < 1.29 is 23.1 Å². The Morgan fingerprint density at radius 2 is 1.88 bits per heavy atom. The monoisotopic (exact) mass is 461 g/mol. The molecule has 0 aliphatic rings. The molecule has 168 valence electrons. The number of aromatic nitrogens is 2. The molecular formula is C23H22F3N3O2S. The molecule has 2 aromatic carbocycles. The van der Waals surface area contributed by atoms with Gasteiger partial charge in [0, 0.05) is 26.9 Å². The Morgan fingerprint density at radius 1 is 1.19 bits per heavy atom. The van der Waals surface area contributed by atoms with E-state index in [2.05, 4.69) is 9.69 Å². The quantitative estimate of drug-likeness (QED) is 0.423. The van der Waals surface area contributed by atoms with Crippen LogP contribution in [0.3, 0.4) is 0 Å². The lowest BCUT2D eigenvalue weighted by atomic mass is 10.0. The van der Waals surface area contributed by atoms with Crippen LogP contribution in [0.15, 0.2) is 42.5 Å². The maximum absolute atomic E-state index is 13.0. The summed E-state index contributed by atoms with van der Waals surface area (Å²) in [4.78, 5) is 13.7. The zero-order chi connectivity index (χ0) is 23.2. The van der Waals surface area contributed by atoms with E-state index in [1.807, 2.05) is 20.8 Å². The molecule has 0 aliphatic heterocycles. The Kier molecular flexibility index (Phi) is 5.72. The van der Waals surface area contributed by atoms with Crippen molar-refractivity contribution in [1.82, 2.24) is 14.3 Å². The second-order valence-electron chi connectivity index (χ2n) is 8.06. The number of carbonyl (C=O) groups excluding carboxylic acids is 1. The maximum atomic E-state index is 13.0. The van der Waals surface area contributed by atoms with Gasteiger partial charge in [-0.2, -0.15) is 17.5 Å². The molecule has 4 rings (SSSR count). The smallest absolute Gasteiger partial charge is 0.394 e. The second kappa shape index (κ2) is 8.22. The predicted molar refractivity (Wildman–Crippen MR) is 119 cm³/mol. The molecule has 2 aromatic heterocycles. The average Bonchev–Trinajstić information content (AvgIpc) is 3.28. The van der Waals surface area contributed by atoms with Crippen LogP contribution in [0.2, 0.25) is 0 Å². The minimum atomic E-state index is -4.41. The highest BCUT2D eigenvalue weighted by Crippen LogP contribution is 2.37. The van der Waals surface area contributed by atoms with Crippen LogP contribution >= 0.6 is 11.5 Å². The molecule has 2 heterocycles. The number of nitrogens with zero attached hydrogens (tertiary/aromatic N) is 2. The minimum Gasteiger partial charge on any atom is -0.394 e. The van der Waals surface area contributed by atoms with Crippen LogP contribution in [-0.4, -0.2) is 32.6 Å². The van der Waals surface area contributed by atoms with Gasteiger partial charge in [0.05, 0.1) is 23.7 Å². The maximum Gasteiger partial charge on any atom is 0.416 e. The summed E-state index contributed by atoms with van der Waals surface area (Å²) in [5.74, 6) is -0.223. The van der Waals surface area contributed by atoms with E-state index in [0.717, 1.165) is 33.3 Å². The van der Waals surface area contributed by atoms with Crippen molar-refractivity contribution in [1.29, 1.82) is 0 Å². The van der Waals surface area contributed by atoms with Gasteiger partial charge in [0.25, 0.3) is 5.91 Å². The topological polar surface area (TPSA) is 67.2 Å². The van der Waals surface area contributed by atoms with Gasteiger partial charge in [0.2, 0.25) is 0 Å². The highest BCUT2D eigenvalue weighted by atomic mass is 32.1. The van der Waals surface area contributed by atoms with Crippen LogP contribution in [0.1, 0.15) is 34.6 Å². The molecular weight excluding hydrogens is 439 g/mol. The third-order valence-corrected chi connectivity index (χ3v) is 6.34. The Bertz CT molecular complexity index is 1290. The van der Waals surface area contributed by atoms with Gasteiger partial charge in [-0.15, -0.1) is 0 Å². The lowest BCUT2D eigenvalue weighted by Crippen LogP contribution is -2.41. The van der Waals surface area contributed by atoms with Crippen LogP contribution in [0, 0.1) is 12.8 Å². The van der Waals surface area contributed by atoms with Gasteiger partial charge in [0.1, 0.15) is 0 Å². The first kappa shape index (κ1) is 22.3. The van der Waals surface area contributed by atoms with Crippen molar-refractivity contribution in [3.63, 3.8) is 0 Å². The van der Waals surface area contributed by atoms with Gasteiger partial charge in [-0.3, -0.25) is 9.36 Å². The molecule has 9 heteroatoms. The molecule has 0 aliphatic carbocycles. The van der Waals surface area contributed by atoms with Gasteiger partial charge in [-0.1, -0.05) is 13.8 Å². The van der Waals surface area contributed by atoms with Gasteiger partial charge in [0.15, 0.2) is 5.65 Å². The number of amides is 1. The summed E-state index contributed by atoms with van der Waals surface area (Å²) in [5.41, 5.74) is 1.66. The predicted octanol–water partition coefficient (Wildman–Crippen LogP) is 5.31. The molecule has 0 spiro atoms. The van der Waals surface area contributed by atoms with Crippen LogP contribution in [-0.2, 0) is 6.18 Å². The molecule has 5 nitrogen and oxygen atoms in total. The number of aliphatic hydroxyl groups excluding tert-OH is 1. The number of aliphatic hydroxyl groups is 1. The van der Waals surface area contributed by atoms with Crippen molar-refractivity contribution >= 4 is 39.4 Å². The Balaban J connectivity index is 1.83. The van der Waals surface area contributed by atoms with Crippen molar-refractivity contribution in [2.75, 3.05) is 6.61 Å². The van der Waals surface area contributed by atoms with E-state index in [0.29, 0.717) is 16.9 Å². The van der Waals surface area contributed by atoms with Crippen molar-refractivity contribution in [2.45, 2.75) is 33.0 Å². The number of alkyl halides is 3. The van der Waals surface area contributed by atoms with Crippen molar-refractivity contribution in [3.05, 3.63) is 58.5 Å². The molecule has 4 aromatic rings. The summed E-state index contributed by atoms with van der Waals surface area (Å²) >= 11 is 1.30. The van der Waals surface area contributed by atoms with E-state index < -0.39 is 11.7 Å². The molecule has 0 fully saturated rings. The molecule has 0 bridgehead atoms. The number of benzene rings is 2. The number of aryl methyl sites for hydroxylation is 1. The number of fused-ring (bicyclic) bond motifs is 3. The molecule has 0 unspecified atom stereocenters. The number of halogens is 3. The highest BCUT2D eigenvalue weighted by Gasteiger charge is 2.30. The second-order valence-corrected chi connectivity index (χ2v) is 9.03. The molecule has 0 radical (unpaired) electrons. The number of hydrogen-bond acceptors (Lipinski definition) is 4. The average molecular weight is 462 g/mol. The Morgan fingerprint density at radius 3 is 2.47 bits per heavy atom. The molecule has 0 saturated carbocycles. The summed E-state index contributed by atoms with van der Waals surface area (Å²) in [7, 11) is 0. The van der Waals surface area contributed by atoms with Crippen molar-refractivity contribution in [3.8, 4) is 5.69 Å². The SMILES string of the molecule is Cc1snc2c1c1cc(C(=O)N[C@@H](CO)C(C)C)ccc1n2-c1ccc(C(F)(F)F)cc1. The number of nitrogens with one attached hydrogen (secondary N) is 1. The van der Waals surface area contributed by atoms with E-state index >= 15 is 0 Å². The largest absolute Gasteiger partial charge is 0.416 e. The molecule has 2 N–H and O–H groups in total. The van der Waals surface area contributed by atoms with Gasteiger partial charge in [-0.25, -0.2) is 0 Å². The Labute approximate surface area is 186 Å². The Hall–Kier alpha value is -2.91. The van der Waals surface area contributed by atoms with Crippen LogP contribution in [0.5, 0.6) is 0 Å². The van der Waals surface area contributed by atoms with E-state index in [1.54, 1.807) is 22.8 Å². The van der Waals surface area contributed by atoms with Crippen LogP contribution < -0.4 is 5.32 Å². The summed E-state index contributed by atoms with van der Waals surface area (Å²) in [6.45, 7) is 5.59. The third kappa shape index (κ3) is 3.86. The summed E-state index contributed by atoms with van der Waals surface area (Å²) in [6, 6.07) is 9.80. The normalized spacial score (nSPS) is 13.2. The number of rotatable bonds is 5. The standard InChI is InChI=1S/C23H22F3N3O2S/c1-12(2)18(11-30)27-22(31)14-4-9-19-17(10-14)20-13(3)32-28-21(20)29(19)16-7-5-15(6-8-16)23(24,25)26/h4-10,12,18,30H,11H2,1-3H3,(H,27,31)/t18-/m0/s1. The molecule has 0 saturated heterocycles. The zero-order valence-corrected chi connectivity index (χ0v) is 18.5. The first-order chi connectivity index (χ1) is 15.1. The van der Waals surface area contributed by atoms with E-state index in [4.69, 9.17) is 0 Å². The fourth-order valence-electron chi connectivity index (χ4n) is 3.75. The molecule has 32 heavy (non-hydrogen) atoms. The van der Waals surface area contributed by atoms with Gasteiger partial charge in [-0.05, 0) is 66.8 Å². The lowest BCUT2D eigenvalue weighted by molar-refractivity contribution is -0.137. The van der Waals surface area contributed by atoms with Crippen molar-refractivity contribution in [2.24, 2.45) is 5.92 Å². The highest BCUT2D eigenvalue weighted by molar-refractivity contribution is 7.07. The fraction of sp³-hybridized carbons (Fsp3) is 0.304. The number of hydrogen-bond donors (Lipinski definition) is 2. The lowest BCUT2D eigenvalue weighted by Gasteiger charge is -2.20. The van der Waals surface area contributed by atoms with Crippen LogP contribution in [0.25, 0.3) is 27.6 Å². The molecule has 1 amide bonds. The summed E-state index contributed by atoms with van der Waals surface area (Å²) < 4.78 is 45.3. The number of carbonyl (C=O) groups is 1. The zero-order valence-electron chi connectivity index (χ0n) is 17.7. The first-order valence-electron chi connectivity index (χ1n) is 10.1. The van der Waals surface area contributed by atoms with E-state index in [9.17, 15) is 23.1 Å². The first-order valence-corrected chi connectivity index (χ1v) is 10.9. The molecule has 1 atom stereocenters. The van der Waals surface area contributed by atoms with Gasteiger partial charge < -0.3 is 10.4 Å². The van der Waals surface area contributed by atoms with Gasteiger partial charge >= 0.3 is 6.18 Å². The van der Waals surface area contributed by atoms with E-state index in [-0.39, 0.29) is 24.5 Å². The fourth-order valence-corrected chi connectivity index (χ4v) is 4.43.